The van der Waals surface area contributed by atoms with Crippen LogP contribution in [0.15, 0.2) is 60.8 Å². The van der Waals surface area contributed by atoms with Gasteiger partial charge in [-0.05, 0) is 43.7 Å². The number of hydrogen-bond acceptors (Lipinski definition) is 2. The highest BCUT2D eigenvalue weighted by Gasteiger charge is 2.10. The third-order valence-electron chi connectivity index (χ3n) is 2.96. The number of hydrogen-bond donors (Lipinski definition) is 1. The van der Waals surface area contributed by atoms with Gasteiger partial charge < -0.3 is 10.1 Å². The van der Waals surface area contributed by atoms with E-state index in [1.54, 1.807) is 0 Å². The number of anilines is 1. The number of para-hydroxylation sites is 1. The molecule has 0 aliphatic rings. The van der Waals surface area contributed by atoms with Gasteiger partial charge in [-0.25, -0.2) is 0 Å². The molecule has 0 saturated heterocycles. The van der Waals surface area contributed by atoms with Crippen molar-refractivity contribution >= 4 is 17.3 Å². The molecule has 0 aliphatic carbocycles. The lowest BCUT2D eigenvalue weighted by Gasteiger charge is -2.19. The molecule has 20 heavy (non-hydrogen) atoms. The minimum Gasteiger partial charge on any atom is -0.485 e. The topological polar surface area (TPSA) is 21.3 Å². The summed E-state index contributed by atoms with van der Waals surface area (Å²) in [5.74, 6) is 0.818. The lowest BCUT2D eigenvalue weighted by molar-refractivity contribution is 0.259. The Hall–Kier alpha value is -1.93. The SMILES string of the molecule is C=C(Nc1cc(C)ccc1Cl)C(C)Oc1ccccc1. The summed E-state index contributed by atoms with van der Waals surface area (Å²) < 4.78 is 5.81. The number of rotatable bonds is 5. The van der Waals surface area contributed by atoms with Crippen molar-refractivity contribution in [1.29, 1.82) is 0 Å². The summed E-state index contributed by atoms with van der Waals surface area (Å²) in [6, 6.07) is 15.5. The summed E-state index contributed by atoms with van der Waals surface area (Å²) in [5.41, 5.74) is 2.75. The Labute approximate surface area is 125 Å². The molecule has 2 aromatic carbocycles. The van der Waals surface area contributed by atoms with Gasteiger partial charge >= 0.3 is 0 Å². The van der Waals surface area contributed by atoms with Gasteiger partial charge in [0.05, 0.1) is 10.7 Å². The van der Waals surface area contributed by atoms with E-state index in [9.17, 15) is 0 Å². The van der Waals surface area contributed by atoms with Crippen molar-refractivity contribution in [3.63, 3.8) is 0 Å². The third kappa shape index (κ3) is 3.78. The molecule has 0 saturated carbocycles. The zero-order valence-electron chi connectivity index (χ0n) is 11.7. The molecule has 1 N–H and O–H groups in total. The maximum Gasteiger partial charge on any atom is 0.135 e. The molecule has 1 atom stereocenters. The monoisotopic (exact) mass is 287 g/mol. The molecule has 0 bridgehead atoms. The van der Waals surface area contributed by atoms with Crippen LogP contribution in [0.3, 0.4) is 0 Å². The standard InChI is InChI=1S/C17H18ClNO/c1-12-9-10-16(18)17(11-12)19-13(2)14(3)20-15-7-5-4-6-8-15/h4-11,14,19H,2H2,1,3H3. The normalized spacial score (nSPS) is 11.8. The number of halogens is 1. The lowest BCUT2D eigenvalue weighted by atomic mass is 10.2. The molecular weight excluding hydrogens is 270 g/mol. The Morgan fingerprint density at radius 1 is 1.20 bits per heavy atom. The average Bonchev–Trinajstić information content (AvgIpc) is 2.44. The minimum atomic E-state index is -0.158. The molecule has 0 aromatic heterocycles. The van der Waals surface area contributed by atoms with Crippen LogP contribution in [0.4, 0.5) is 5.69 Å². The van der Waals surface area contributed by atoms with E-state index in [1.807, 2.05) is 62.4 Å². The van der Waals surface area contributed by atoms with Crippen LogP contribution >= 0.6 is 11.6 Å². The minimum absolute atomic E-state index is 0.158. The van der Waals surface area contributed by atoms with Gasteiger partial charge in [0.2, 0.25) is 0 Å². The fraction of sp³-hybridized carbons (Fsp3) is 0.176. The Morgan fingerprint density at radius 2 is 1.90 bits per heavy atom. The van der Waals surface area contributed by atoms with E-state index in [0.717, 1.165) is 22.7 Å². The molecule has 2 aromatic rings. The van der Waals surface area contributed by atoms with Gasteiger partial charge in [0.15, 0.2) is 0 Å². The lowest BCUT2D eigenvalue weighted by Crippen LogP contribution is -2.19. The third-order valence-corrected chi connectivity index (χ3v) is 3.29. The number of ether oxygens (including phenoxy) is 1. The highest BCUT2D eigenvalue weighted by molar-refractivity contribution is 6.33. The fourth-order valence-corrected chi connectivity index (χ4v) is 1.95. The van der Waals surface area contributed by atoms with E-state index in [4.69, 9.17) is 16.3 Å². The molecule has 3 heteroatoms. The van der Waals surface area contributed by atoms with Gasteiger partial charge in [-0.15, -0.1) is 0 Å². The Bertz CT molecular complexity index is 595. The molecular formula is C17H18ClNO. The van der Waals surface area contributed by atoms with Crippen LogP contribution < -0.4 is 10.1 Å². The fourth-order valence-electron chi connectivity index (χ4n) is 1.78. The smallest absolute Gasteiger partial charge is 0.135 e. The Balaban J connectivity index is 2.02. The highest BCUT2D eigenvalue weighted by atomic mass is 35.5. The number of nitrogens with one attached hydrogen (secondary N) is 1. The first kappa shape index (κ1) is 14.5. The molecule has 104 valence electrons. The first-order valence-corrected chi connectivity index (χ1v) is 6.88. The van der Waals surface area contributed by atoms with E-state index in [1.165, 1.54) is 0 Å². The first-order chi connectivity index (χ1) is 9.56. The van der Waals surface area contributed by atoms with E-state index in [0.29, 0.717) is 5.02 Å². The summed E-state index contributed by atoms with van der Waals surface area (Å²) in [7, 11) is 0. The summed E-state index contributed by atoms with van der Waals surface area (Å²) >= 11 is 6.16. The van der Waals surface area contributed by atoms with E-state index in [2.05, 4.69) is 11.9 Å². The number of benzene rings is 2. The van der Waals surface area contributed by atoms with Gasteiger partial charge in [-0.1, -0.05) is 42.4 Å². The van der Waals surface area contributed by atoms with Crippen molar-refractivity contribution in [3.8, 4) is 5.75 Å². The molecule has 2 nitrogen and oxygen atoms in total. The van der Waals surface area contributed by atoms with Crippen LogP contribution in [0, 0.1) is 6.92 Å². The molecule has 2 rings (SSSR count). The summed E-state index contributed by atoms with van der Waals surface area (Å²) in [6.07, 6.45) is -0.158. The zero-order chi connectivity index (χ0) is 14.5. The molecule has 0 amide bonds. The summed E-state index contributed by atoms with van der Waals surface area (Å²) in [6.45, 7) is 7.99. The quantitative estimate of drug-likeness (QED) is 0.831. The van der Waals surface area contributed by atoms with Crippen LogP contribution in [-0.2, 0) is 0 Å². The van der Waals surface area contributed by atoms with Gasteiger partial charge in [-0.2, -0.15) is 0 Å². The van der Waals surface area contributed by atoms with E-state index in [-0.39, 0.29) is 6.10 Å². The average molecular weight is 288 g/mol. The highest BCUT2D eigenvalue weighted by Crippen LogP contribution is 2.25. The molecule has 0 spiro atoms. The van der Waals surface area contributed by atoms with Crippen molar-refractivity contribution in [3.05, 3.63) is 71.4 Å². The van der Waals surface area contributed by atoms with Crippen molar-refractivity contribution in [2.75, 3.05) is 5.32 Å². The second-order valence-corrected chi connectivity index (χ2v) is 5.11. The summed E-state index contributed by atoms with van der Waals surface area (Å²) in [4.78, 5) is 0. The predicted molar refractivity (Wildman–Crippen MR) is 85.5 cm³/mol. The van der Waals surface area contributed by atoms with E-state index < -0.39 is 0 Å². The predicted octanol–water partition coefficient (Wildman–Crippen LogP) is 5.04. The molecule has 1 unspecified atom stereocenters. The molecule has 0 radical (unpaired) electrons. The van der Waals surface area contributed by atoms with E-state index >= 15 is 0 Å². The molecule has 0 fully saturated rings. The second kappa shape index (κ2) is 6.49. The van der Waals surface area contributed by atoms with Gasteiger partial charge in [0.1, 0.15) is 11.9 Å². The van der Waals surface area contributed by atoms with Crippen LogP contribution in [0.5, 0.6) is 5.75 Å². The van der Waals surface area contributed by atoms with Crippen LogP contribution in [0.25, 0.3) is 0 Å². The van der Waals surface area contributed by atoms with Gasteiger partial charge in [0.25, 0.3) is 0 Å². The first-order valence-electron chi connectivity index (χ1n) is 6.50. The Morgan fingerprint density at radius 3 is 2.60 bits per heavy atom. The van der Waals surface area contributed by atoms with Gasteiger partial charge in [-0.3, -0.25) is 0 Å². The van der Waals surface area contributed by atoms with Gasteiger partial charge in [0, 0.05) is 5.70 Å². The van der Waals surface area contributed by atoms with Crippen LogP contribution in [0.1, 0.15) is 12.5 Å². The van der Waals surface area contributed by atoms with Crippen molar-refractivity contribution < 1.29 is 4.74 Å². The maximum absolute atomic E-state index is 6.16. The van der Waals surface area contributed by atoms with Crippen molar-refractivity contribution in [1.82, 2.24) is 0 Å². The van der Waals surface area contributed by atoms with Crippen LogP contribution in [-0.4, -0.2) is 6.10 Å². The molecule has 0 aliphatic heterocycles. The largest absolute Gasteiger partial charge is 0.485 e. The maximum atomic E-state index is 6.16. The number of aryl methyl sites for hydroxylation is 1. The summed E-state index contributed by atoms with van der Waals surface area (Å²) in [5, 5.41) is 3.89. The second-order valence-electron chi connectivity index (χ2n) is 4.71. The zero-order valence-corrected chi connectivity index (χ0v) is 12.4. The van der Waals surface area contributed by atoms with Crippen molar-refractivity contribution in [2.45, 2.75) is 20.0 Å². The Kier molecular flexibility index (Phi) is 4.70. The van der Waals surface area contributed by atoms with Crippen LogP contribution in [0.2, 0.25) is 5.02 Å². The van der Waals surface area contributed by atoms with Crippen molar-refractivity contribution in [2.24, 2.45) is 0 Å². The molecule has 0 heterocycles.